The predicted octanol–water partition coefficient (Wildman–Crippen LogP) is 0.314. The fraction of sp³-hybridized carbons (Fsp3) is 0.455. The van der Waals surface area contributed by atoms with Crippen LogP contribution in [-0.4, -0.2) is 33.3 Å². The second kappa shape index (κ2) is 5.60. The molecule has 2 atom stereocenters. The average Bonchev–Trinajstić information content (AvgIpc) is 2.26. The Kier molecular flexibility index (Phi) is 4.42. The third kappa shape index (κ3) is 3.69. The molecule has 6 nitrogen and oxygen atoms in total. The Morgan fingerprint density at radius 3 is 2.65 bits per heavy atom. The number of hydrogen-bond donors (Lipinski definition) is 3. The van der Waals surface area contributed by atoms with Gasteiger partial charge in [0, 0.05) is 6.07 Å². The number of nitrogens with zero attached hydrogens (tertiary/aromatic N) is 1. The van der Waals surface area contributed by atoms with E-state index in [2.05, 4.69) is 4.98 Å². The van der Waals surface area contributed by atoms with Crippen molar-refractivity contribution in [1.82, 2.24) is 4.98 Å². The summed E-state index contributed by atoms with van der Waals surface area (Å²) in [4.78, 5) is 14.6. The van der Waals surface area contributed by atoms with Crippen molar-refractivity contribution in [1.29, 1.82) is 0 Å². The van der Waals surface area contributed by atoms with Crippen LogP contribution in [-0.2, 0) is 4.79 Å². The SMILES string of the molecule is CC(C)Oc1cccc(C(O)C(N)C(=O)O)n1. The summed E-state index contributed by atoms with van der Waals surface area (Å²) < 4.78 is 5.33. The van der Waals surface area contributed by atoms with Crippen LogP contribution < -0.4 is 10.5 Å². The van der Waals surface area contributed by atoms with Crippen LogP contribution in [0.3, 0.4) is 0 Å². The van der Waals surface area contributed by atoms with Gasteiger partial charge in [-0.1, -0.05) is 6.07 Å². The summed E-state index contributed by atoms with van der Waals surface area (Å²) in [5.41, 5.74) is 5.49. The van der Waals surface area contributed by atoms with E-state index in [-0.39, 0.29) is 11.8 Å². The maximum atomic E-state index is 10.6. The Balaban J connectivity index is 2.87. The van der Waals surface area contributed by atoms with Gasteiger partial charge in [-0.15, -0.1) is 0 Å². The molecule has 1 rings (SSSR count). The van der Waals surface area contributed by atoms with Gasteiger partial charge in [-0.3, -0.25) is 4.79 Å². The van der Waals surface area contributed by atoms with E-state index in [0.29, 0.717) is 5.88 Å². The number of carboxylic acid groups (broad SMARTS) is 1. The smallest absolute Gasteiger partial charge is 0.323 e. The normalized spacial score (nSPS) is 14.4. The van der Waals surface area contributed by atoms with Crippen molar-refractivity contribution in [3.05, 3.63) is 23.9 Å². The van der Waals surface area contributed by atoms with Gasteiger partial charge in [0.1, 0.15) is 12.1 Å². The van der Waals surface area contributed by atoms with Gasteiger partial charge in [-0.05, 0) is 19.9 Å². The minimum atomic E-state index is -1.41. The zero-order valence-corrected chi connectivity index (χ0v) is 9.70. The van der Waals surface area contributed by atoms with Crippen LogP contribution in [0.15, 0.2) is 18.2 Å². The molecular formula is C11H16N2O4. The zero-order chi connectivity index (χ0) is 13.0. The first-order chi connectivity index (χ1) is 7.91. The van der Waals surface area contributed by atoms with E-state index < -0.39 is 18.1 Å². The molecular weight excluding hydrogens is 224 g/mol. The molecule has 0 spiro atoms. The molecule has 0 aliphatic rings. The Bertz CT molecular complexity index is 395. The summed E-state index contributed by atoms with van der Waals surface area (Å²) in [5, 5.41) is 18.4. The van der Waals surface area contributed by atoms with E-state index in [1.165, 1.54) is 6.07 Å². The van der Waals surface area contributed by atoms with Crippen LogP contribution in [0.25, 0.3) is 0 Å². The molecule has 94 valence electrons. The van der Waals surface area contributed by atoms with E-state index in [9.17, 15) is 9.90 Å². The Morgan fingerprint density at radius 1 is 1.47 bits per heavy atom. The molecule has 1 heterocycles. The van der Waals surface area contributed by atoms with E-state index >= 15 is 0 Å². The number of aliphatic hydroxyl groups is 1. The van der Waals surface area contributed by atoms with Crippen LogP contribution in [0.1, 0.15) is 25.6 Å². The lowest BCUT2D eigenvalue weighted by Crippen LogP contribution is -2.36. The maximum Gasteiger partial charge on any atom is 0.323 e. The Hall–Kier alpha value is -1.66. The Labute approximate surface area is 99.0 Å². The second-order valence-electron chi connectivity index (χ2n) is 3.88. The quantitative estimate of drug-likeness (QED) is 0.684. The summed E-state index contributed by atoms with van der Waals surface area (Å²) in [6.07, 6.45) is -1.41. The predicted molar refractivity (Wildman–Crippen MR) is 60.6 cm³/mol. The number of pyridine rings is 1. The van der Waals surface area contributed by atoms with E-state index in [0.717, 1.165) is 0 Å². The number of carboxylic acids is 1. The molecule has 0 fully saturated rings. The number of aliphatic hydroxyl groups excluding tert-OH is 1. The Morgan fingerprint density at radius 2 is 2.12 bits per heavy atom. The number of nitrogens with two attached hydrogens (primary N) is 1. The van der Waals surface area contributed by atoms with Gasteiger partial charge in [-0.2, -0.15) is 0 Å². The zero-order valence-electron chi connectivity index (χ0n) is 9.70. The first-order valence-corrected chi connectivity index (χ1v) is 5.22. The van der Waals surface area contributed by atoms with Gasteiger partial charge in [0.15, 0.2) is 0 Å². The molecule has 0 saturated heterocycles. The third-order valence-corrected chi connectivity index (χ3v) is 2.03. The van der Waals surface area contributed by atoms with Crippen molar-refractivity contribution in [3.63, 3.8) is 0 Å². The number of carbonyl (C=O) groups is 1. The van der Waals surface area contributed by atoms with Gasteiger partial charge in [-0.25, -0.2) is 4.98 Å². The number of aliphatic carboxylic acids is 1. The largest absolute Gasteiger partial charge is 0.480 e. The van der Waals surface area contributed by atoms with Gasteiger partial charge in [0.2, 0.25) is 5.88 Å². The standard InChI is InChI=1S/C11H16N2O4/c1-6(2)17-8-5-3-4-7(13-8)10(14)9(12)11(15)16/h3-6,9-10,14H,12H2,1-2H3,(H,15,16). The van der Waals surface area contributed by atoms with Gasteiger partial charge >= 0.3 is 5.97 Å². The van der Waals surface area contributed by atoms with Gasteiger partial charge in [0.25, 0.3) is 0 Å². The highest BCUT2D eigenvalue weighted by atomic mass is 16.5. The van der Waals surface area contributed by atoms with Crippen molar-refractivity contribution >= 4 is 5.97 Å². The third-order valence-electron chi connectivity index (χ3n) is 2.03. The molecule has 2 unspecified atom stereocenters. The van der Waals surface area contributed by atoms with Crippen molar-refractivity contribution in [2.45, 2.75) is 32.1 Å². The highest BCUT2D eigenvalue weighted by molar-refractivity contribution is 5.74. The van der Waals surface area contributed by atoms with E-state index in [4.69, 9.17) is 15.6 Å². The van der Waals surface area contributed by atoms with Crippen LogP contribution in [0.2, 0.25) is 0 Å². The van der Waals surface area contributed by atoms with E-state index in [1.807, 2.05) is 13.8 Å². The summed E-state index contributed by atoms with van der Waals surface area (Å²) in [5.74, 6) is -0.955. The first-order valence-electron chi connectivity index (χ1n) is 5.22. The first kappa shape index (κ1) is 13.4. The molecule has 0 aromatic carbocycles. The van der Waals surface area contributed by atoms with Crippen LogP contribution >= 0.6 is 0 Å². The molecule has 0 amide bonds. The maximum absolute atomic E-state index is 10.6. The average molecular weight is 240 g/mol. The monoisotopic (exact) mass is 240 g/mol. The van der Waals surface area contributed by atoms with Crippen molar-refractivity contribution in [3.8, 4) is 5.88 Å². The molecule has 0 aliphatic carbocycles. The van der Waals surface area contributed by atoms with Crippen molar-refractivity contribution in [2.75, 3.05) is 0 Å². The molecule has 0 bridgehead atoms. The topological polar surface area (TPSA) is 106 Å². The lowest BCUT2D eigenvalue weighted by atomic mass is 10.1. The summed E-state index contributed by atoms with van der Waals surface area (Å²) >= 11 is 0. The molecule has 17 heavy (non-hydrogen) atoms. The minimum absolute atomic E-state index is 0.0527. The van der Waals surface area contributed by atoms with Crippen molar-refractivity contribution < 1.29 is 19.7 Å². The second-order valence-corrected chi connectivity index (χ2v) is 3.88. The summed E-state index contributed by atoms with van der Waals surface area (Å²) in [6, 6.07) is 3.35. The molecule has 4 N–H and O–H groups in total. The van der Waals surface area contributed by atoms with E-state index in [1.54, 1.807) is 12.1 Å². The lowest BCUT2D eigenvalue weighted by molar-refractivity contribution is -0.141. The summed E-state index contributed by atoms with van der Waals surface area (Å²) in [7, 11) is 0. The summed E-state index contributed by atoms with van der Waals surface area (Å²) in [6.45, 7) is 3.68. The highest BCUT2D eigenvalue weighted by Gasteiger charge is 2.24. The van der Waals surface area contributed by atoms with Crippen molar-refractivity contribution in [2.24, 2.45) is 5.73 Å². The lowest BCUT2D eigenvalue weighted by Gasteiger charge is -2.15. The van der Waals surface area contributed by atoms with Crippen LogP contribution in [0.4, 0.5) is 0 Å². The molecule has 6 heteroatoms. The fourth-order valence-electron chi connectivity index (χ4n) is 1.22. The number of aromatic nitrogens is 1. The molecule has 0 radical (unpaired) electrons. The number of hydrogen-bond acceptors (Lipinski definition) is 5. The highest BCUT2D eigenvalue weighted by Crippen LogP contribution is 2.17. The molecule has 1 aromatic heterocycles. The van der Waals surface area contributed by atoms with Gasteiger partial charge < -0.3 is 20.7 Å². The minimum Gasteiger partial charge on any atom is -0.480 e. The number of ether oxygens (including phenoxy) is 1. The molecule has 0 aliphatic heterocycles. The van der Waals surface area contributed by atoms with Gasteiger partial charge in [0.05, 0.1) is 11.8 Å². The fourth-order valence-corrected chi connectivity index (χ4v) is 1.22. The number of rotatable bonds is 5. The molecule has 0 saturated carbocycles. The van der Waals surface area contributed by atoms with Crippen LogP contribution in [0.5, 0.6) is 5.88 Å². The van der Waals surface area contributed by atoms with Crippen LogP contribution in [0, 0.1) is 0 Å². The molecule has 1 aromatic rings.